The van der Waals surface area contributed by atoms with Gasteiger partial charge in [0.2, 0.25) is 11.8 Å². The molecular weight excluding hydrogens is 360 g/mol. The van der Waals surface area contributed by atoms with Crippen LogP contribution in [-0.2, 0) is 16.0 Å². The van der Waals surface area contributed by atoms with Crippen molar-refractivity contribution in [2.75, 3.05) is 16.8 Å². The van der Waals surface area contributed by atoms with Gasteiger partial charge < -0.3 is 10.2 Å². The third-order valence-corrected chi connectivity index (χ3v) is 4.80. The van der Waals surface area contributed by atoms with Gasteiger partial charge >= 0.3 is 0 Å². The largest absolute Gasteiger partial charge is 0.322 e. The molecule has 0 fully saturated rings. The van der Waals surface area contributed by atoms with E-state index in [0.717, 1.165) is 23.2 Å². The van der Waals surface area contributed by atoms with Crippen LogP contribution in [0.15, 0.2) is 48.5 Å². The second-order valence-corrected chi connectivity index (χ2v) is 8.05. The number of benzene rings is 2. The van der Waals surface area contributed by atoms with Crippen LogP contribution in [0.3, 0.4) is 0 Å². The Kier molecular flexibility index (Phi) is 5.38. The smallest absolute Gasteiger partial charge is 0.248 e. The van der Waals surface area contributed by atoms with Gasteiger partial charge in [-0.25, -0.2) is 0 Å². The van der Waals surface area contributed by atoms with E-state index >= 15 is 0 Å². The Morgan fingerprint density at radius 1 is 1.15 bits per heavy atom. The normalized spacial score (nSPS) is 13.7. The van der Waals surface area contributed by atoms with Gasteiger partial charge in [0.1, 0.15) is 0 Å². The molecule has 1 heterocycles. The molecule has 0 saturated heterocycles. The molecule has 1 aliphatic heterocycles. The zero-order chi connectivity index (χ0) is 19.6. The first-order valence-electron chi connectivity index (χ1n) is 8.94. The van der Waals surface area contributed by atoms with Crippen molar-refractivity contribution in [3.8, 4) is 0 Å². The molecule has 1 aliphatic rings. The SMILES string of the molecule is CC(C)(C)C(=O)N1CCc2ccc(NC(=O)/C=C/c3ccccc3Cl)cc21. The zero-order valence-electron chi connectivity index (χ0n) is 15.8. The van der Waals surface area contributed by atoms with Crippen molar-refractivity contribution in [2.45, 2.75) is 27.2 Å². The molecule has 0 bridgehead atoms. The first kappa shape index (κ1) is 19.2. The van der Waals surface area contributed by atoms with Crippen molar-refractivity contribution in [1.29, 1.82) is 0 Å². The number of carbonyl (C=O) groups is 2. The van der Waals surface area contributed by atoms with Crippen LogP contribution in [0.25, 0.3) is 6.08 Å². The number of rotatable bonds is 3. The molecule has 2 aromatic rings. The fraction of sp³-hybridized carbons (Fsp3) is 0.273. The third kappa shape index (κ3) is 4.40. The lowest BCUT2D eigenvalue weighted by Crippen LogP contribution is -2.38. The summed E-state index contributed by atoms with van der Waals surface area (Å²) in [6.07, 6.45) is 3.96. The quantitative estimate of drug-likeness (QED) is 0.765. The van der Waals surface area contributed by atoms with Crippen molar-refractivity contribution in [2.24, 2.45) is 5.41 Å². The fourth-order valence-electron chi connectivity index (χ4n) is 3.03. The van der Waals surface area contributed by atoms with Crippen molar-refractivity contribution in [3.63, 3.8) is 0 Å². The maximum atomic E-state index is 12.7. The monoisotopic (exact) mass is 382 g/mol. The number of fused-ring (bicyclic) bond motifs is 1. The van der Waals surface area contributed by atoms with Crippen LogP contribution in [0, 0.1) is 5.41 Å². The van der Waals surface area contributed by atoms with Crippen LogP contribution in [0.2, 0.25) is 5.02 Å². The average Bonchev–Trinajstić information content (AvgIpc) is 3.02. The summed E-state index contributed by atoms with van der Waals surface area (Å²) in [5.74, 6) is -0.162. The molecule has 0 atom stereocenters. The van der Waals surface area contributed by atoms with Crippen LogP contribution in [0.1, 0.15) is 31.9 Å². The van der Waals surface area contributed by atoms with E-state index in [1.165, 1.54) is 6.08 Å². The molecule has 0 unspecified atom stereocenters. The number of halogens is 1. The number of nitrogens with one attached hydrogen (secondary N) is 1. The molecule has 4 nitrogen and oxygen atoms in total. The predicted molar refractivity (Wildman–Crippen MR) is 111 cm³/mol. The lowest BCUT2D eigenvalue weighted by Gasteiger charge is -2.26. The van der Waals surface area contributed by atoms with E-state index in [1.54, 1.807) is 12.1 Å². The van der Waals surface area contributed by atoms with Crippen LogP contribution in [-0.4, -0.2) is 18.4 Å². The van der Waals surface area contributed by atoms with Crippen molar-refractivity contribution in [1.82, 2.24) is 0 Å². The van der Waals surface area contributed by atoms with Crippen molar-refractivity contribution >= 4 is 40.9 Å². The number of hydrogen-bond donors (Lipinski definition) is 1. The van der Waals surface area contributed by atoms with Crippen LogP contribution < -0.4 is 10.2 Å². The first-order chi connectivity index (χ1) is 12.8. The summed E-state index contributed by atoms with van der Waals surface area (Å²) in [6, 6.07) is 13.0. The molecular formula is C22H23ClN2O2. The van der Waals surface area contributed by atoms with Gasteiger partial charge in [-0.05, 0) is 41.8 Å². The van der Waals surface area contributed by atoms with Gasteiger partial charge in [-0.2, -0.15) is 0 Å². The number of anilines is 2. The Hall–Kier alpha value is -2.59. The van der Waals surface area contributed by atoms with Gasteiger partial charge in [0.05, 0.1) is 0 Å². The maximum absolute atomic E-state index is 12.7. The van der Waals surface area contributed by atoms with E-state index in [0.29, 0.717) is 17.3 Å². The lowest BCUT2D eigenvalue weighted by atomic mass is 9.94. The zero-order valence-corrected chi connectivity index (χ0v) is 16.5. The molecule has 0 aliphatic carbocycles. The summed E-state index contributed by atoms with van der Waals surface area (Å²) in [6.45, 7) is 6.42. The topological polar surface area (TPSA) is 49.4 Å². The van der Waals surface area contributed by atoms with Crippen LogP contribution in [0.4, 0.5) is 11.4 Å². The molecule has 0 spiro atoms. The summed E-state index contributed by atoms with van der Waals surface area (Å²) in [5.41, 5.74) is 3.00. The Labute approximate surface area is 164 Å². The van der Waals surface area contributed by atoms with Gasteiger partial charge in [0.25, 0.3) is 0 Å². The maximum Gasteiger partial charge on any atom is 0.248 e. The van der Waals surface area contributed by atoms with Gasteiger partial charge in [-0.15, -0.1) is 0 Å². The number of hydrogen-bond acceptors (Lipinski definition) is 2. The highest BCUT2D eigenvalue weighted by Gasteiger charge is 2.32. The predicted octanol–water partition coefficient (Wildman–Crippen LogP) is 4.93. The van der Waals surface area contributed by atoms with Crippen LogP contribution >= 0.6 is 11.6 Å². The first-order valence-corrected chi connectivity index (χ1v) is 9.32. The highest BCUT2D eigenvalue weighted by Crippen LogP contribution is 2.34. The van der Waals surface area contributed by atoms with Gasteiger partial charge in [-0.1, -0.05) is 56.6 Å². The molecule has 5 heteroatoms. The van der Waals surface area contributed by atoms with E-state index in [4.69, 9.17) is 11.6 Å². The molecule has 27 heavy (non-hydrogen) atoms. The summed E-state index contributed by atoms with van der Waals surface area (Å²) in [4.78, 5) is 26.7. The molecule has 3 rings (SSSR count). The third-order valence-electron chi connectivity index (χ3n) is 4.45. The minimum Gasteiger partial charge on any atom is -0.322 e. The Morgan fingerprint density at radius 3 is 2.59 bits per heavy atom. The highest BCUT2D eigenvalue weighted by molar-refractivity contribution is 6.32. The van der Waals surface area contributed by atoms with E-state index < -0.39 is 5.41 Å². The minimum absolute atomic E-state index is 0.0864. The van der Waals surface area contributed by atoms with Gasteiger partial charge in [0.15, 0.2) is 0 Å². The molecule has 0 aromatic heterocycles. The lowest BCUT2D eigenvalue weighted by molar-refractivity contribution is -0.125. The Bertz CT molecular complexity index is 913. The molecule has 2 amide bonds. The van der Waals surface area contributed by atoms with Gasteiger partial charge in [0, 0.05) is 34.4 Å². The highest BCUT2D eigenvalue weighted by atomic mass is 35.5. The summed E-state index contributed by atoms with van der Waals surface area (Å²) >= 11 is 6.09. The van der Waals surface area contributed by atoms with Gasteiger partial charge in [-0.3, -0.25) is 9.59 Å². The van der Waals surface area contributed by atoms with E-state index in [1.807, 2.05) is 62.1 Å². The van der Waals surface area contributed by atoms with Crippen molar-refractivity contribution in [3.05, 3.63) is 64.7 Å². The second kappa shape index (κ2) is 7.57. The fourth-order valence-corrected chi connectivity index (χ4v) is 3.23. The molecule has 0 saturated carbocycles. The van der Waals surface area contributed by atoms with E-state index in [9.17, 15) is 9.59 Å². The minimum atomic E-state index is -0.446. The number of carbonyl (C=O) groups excluding carboxylic acids is 2. The van der Waals surface area contributed by atoms with Crippen molar-refractivity contribution < 1.29 is 9.59 Å². The standard InChI is InChI=1S/C22H23ClN2O2/c1-22(2,3)21(27)25-13-12-16-8-10-17(14-19(16)25)24-20(26)11-9-15-6-4-5-7-18(15)23/h4-11,14H,12-13H2,1-3H3,(H,24,26)/b11-9+. The molecule has 1 N–H and O–H groups in total. The second-order valence-electron chi connectivity index (χ2n) is 7.64. The summed E-state index contributed by atoms with van der Waals surface area (Å²) in [5, 5.41) is 3.45. The molecule has 140 valence electrons. The Balaban J connectivity index is 1.75. The van der Waals surface area contributed by atoms with Crippen LogP contribution in [0.5, 0.6) is 0 Å². The molecule has 0 radical (unpaired) electrons. The number of amides is 2. The number of nitrogens with zero attached hydrogens (tertiary/aromatic N) is 1. The van der Waals surface area contributed by atoms with E-state index in [-0.39, 0.29) is 11.8 Å². The average molecular weight is 383 g/mol. The Morgan fingerprint density at radius 2 is 1.89 bits per heavy atom. The summed E-state index contributed by atoms with van der Waals surface area (Å²) in [7, 11) is 0. The van der Waals surface area contributed by atoms with E-state index in [2.05, 4.69) is 5.32 Å². The molecule has 2 aromatic carbocycles. The summed E-state index contributed by atoms with van der Waals surface area (Å²) < 4.78 is 0.